The number of fused-ring (bicyclic) bond motifs is 1. The number of nitrogens with two attached hydrogens (primary N) is 1. The van der Waals surface area contributed by atoms with Crippen LogP contribution >= 0.6 is 24.0 Å². The third-order valence-corrected chi connectivity index (χ3v) is 3.55. The summed E-state index contributed by atoms with van der Waals surface area (Å²) >= 11 is 5.99. The maximum Gasteiger partial charge on any atom is 0.0586 e. The molecule has 1 aromatic carbocycles. The number of aryl methyl sites for hydroxylation is 1. The van der Waals surface area contributed by atoms with Gasteiger partial charge < -0.3 is 5.73 Å². The second kappa shape index (κ2) is 2.68. The summed E-state index contributed by atoms with van der Waals surface area (Å²) in [6.07, 6.45) is 0. The van der Waals surface area contributed by atoms with Crippen molar-refractivity contribution in [3.8, 4) is 0 Å². The van der Waals surface area contributed by atoms with E-state index in [1.165, 1.54) is 0 Å². The van der Waals surface area contributed by atoms with Crippen LogP contribution in [0.1, 0.15) is 5.56 Å². The van der Waals surface area contributed by atoms with Gasteiger partial charge in [-0.05, 0) is 12.5 Å². The van der Waals surface area contributed by atoms with Gasteiger partial charge in [0.15, 0.2) is 0 Å². The van der Waals surface area contributed by atoms with Crippen LogP contribution in [0.2, 0.25) is 0 Å². The fraction of sp³-hybridized carbons (Fsp3) is 0.111. The van der Waals surface area contributed by atoms with E-state index in [1.807, 2.05) is 18.4 Å². The zero-order valence-corrected chi connectivity index (χ0v) is 8.38. The van der Waals surface area contributed by atoms with Crippen LogP contribution in [0.25, 0.3) is 10.1 Å². The average molecular weight is 195 g/mol. The Hall–Kier alpha value is -0.670. The zero-order valence-electron chi connectivity index (χ0n) is 6.66. The number of thiol groups is 1. The summed E-state index contributed by atoms with van der Waals surface area (Å²) in [4.78, 5) is 1.02. The maximum absolute atomic E-state index is 5.91. The van der Waals surface area contributed by atoms with Gasteiger partial charge >= 0.3 is 0 Å². The van der Waals surface area contributed by atoms with Gasteiger partial charge in [-0.3, -0.25) is 0 Å². The van der Waals surface area contributed by atoms with Crippen molar-refractivity contribution in [1.82, 2.24) is 0 Å². The van der Waals surface area contributed by atoms with E-state index in [1.54, 1.807) is 11.3 Å². The van der Waals surface area contributed by atoms with E-state index in [0.717, 1.165) is 26.2 Å². The van der Waals surface area contributed by atoms with E-state index in [-0.39, 0.29) is 0 Å². The number of hydrogen-bond donors (Lipinski definition) is 2. The van der Waals surface area contributed by atoms with E-state index < -0.39 is 0 Å². The second-order valence-corrected chi connectivity index (χ2v) is 4.16. The normalized spacial score (nSPS) is 10.8. The molecular formula is C9H9NS2. The summed E-state index contributed by atoms with van der Waals surface area (Å²) in [7, 11) is 0. The molecule has 1 nitrogen and oxygen atoms in total. The Kier molecular flexibility index (Phi) is 1.77. The predicted octanol–water partition coefficient (Wildman–Crippen LogP) is 3.08. The van der Waals surface area contributed by atoms with Crippen molar-refractivity contribution in [1.29, 1.82) is 0 Å². The molecule has 12 heavy (non-hydrogen) atoms. The van der Waals surface area contributed by atoms with Gasteiger partial charge in [0.25, 0.3) is 0 Å². The van der Waals surface area contributed by atoms with Crippen molar-refractivity contribution in [2.45, 2.75) is 11.8 Å². The predicted molar refractivity (Wildman–Crippen MR) is 58.2 cm³/mol. The molecule has 2 rings (SSSR count). The van der Waals surface area contributed by atoms with Gasteiger partial charge in [0.1, 0.15) is 0 Å². The van der Waals surface area contributed by atoms with Crippen molar-refractivity contribution < 1.29 is 0 Å². The Bertz CT molecular complexity index is 431. The Morgan fingerprint density at radius 3 is 2.92 bits per heavy atom. The van der Waals surface area contributed by atoms with E-state index in [9.17, 15) is 0 Å². The number of nitrogen functional groups attached to an aromatic ring is 1. The number of hydrogen-bond acceptors (Lipinski definition) is 3. The highest BCUT2D eigenvalue weighted by molar-refractivity contribution is 7.80. The maximum atomic E-state index is 5.91. The second-order valence-electron chi connectivity index (χ2n) is 2.79. The third-order valence-electron chi connectivity index (χ3n) is 1.98. The van der Waals surface area contributed by atoms with Gasteiger partial charge in [0.05, 0.1) is 10.4 Å². The first-order valence-electron chi connectivity index (χ1n) is 3.65. The average Bonchev–Trinajstić information content (AvgIpc) is 2.41. The molecule has 2 aromatic rings. The van der Waals surface area contributed by atoms with Crippen LogP contribution in [-0.4, -0.2) is 0 Å². The largest absolute Gasteiger partial charge is 0.397 e. The van der Waals surface area contributed by atoms with Crippen molar-refractivity contribution in [3.05, 3.63) is 23.1 Å². The van der Waals surface area contributed by atoms with E-state index >= 15 is 0 Å². The van der Waals surface area contributed by atoms with E-state index in [2.05, 4.69) is 18.7 Å². The van der Waals surface area contributed by atoms with E-state index in [4.69, 9.17) is 5.73 Å². The van der Waals surface area contributed by atoms with Gasteiger partial charge in [-0.2, -0.15) is 0 Å². The lowest BCUT2D eigenvalue weighted by Gasteiger charge is -2.00. The van der Waals surface area contributed by atoms with Gasteiger partial charge in [-0.25, -0.2) is 0 Å². The quantitative estimate of drug-likeness (QED) is 0.490. The molecule has 0 amide bonds. The highest BCUT2D eigenvalue weighted by Crippen LogP contribution is 2.34. The molecule has 2 N–H and O–H groups in total. The van der Waals surface area contributed by atoms with Crippen LogP contribution in [0.15, 0.2) is 22.4 Å². The molecule has 0 bridgehead atoms. The molecule has 62 valence electrons. The number of rotatable bonds is 0. The fourth-order valence-electron chi connectivity index (χ4n) is 1.20. The Morgan fingerprint density at radius 1 is 1.42 bits per heavy atom. The van der Waals surface area contributed by atoms with Gasteiger partial charge in [-0.1, -0.05) is 12.1 Å². The lowest BCUT2D eigenvalue weighted by atomic mass is 10.1. The SMILES string of the molecule is Cc1ccc2c(S)csc2c1N. The van der Waals surface area contributed by atoms with E-state index in [0.29, 0.717) is 0 Å². The first-order chi connectivity index (χ1) is 5.70. The van der Waals surface area contributed by atoms with Crippen LogP contribution in [-0.2, 0) is 0 Å². The lowest BCUT2D eigenvalue weighted by molar-refractivity contribution is 1.50. The van der Waals surface area contributed by atoms with Crippen LogP contribution in [0.4, 0.5) is 5.69 Å². The molecular weight excluding hydrogens is 186 g/mol. The minimum absolute atomic E-state index is 0.887. The van der Waals surface area contributed by atoms with Crippen molar-refractivity contribution in [2.24, 2.45) is 0 Å². The Labute approximate surface area is 80.6 Å². The van der Waals surface area contributed by atoms with Crippen LogP contribution < -0.4 is 5.73 Å². The van der Waals surface area contributed by atoms with Gasteiger partial charge in [-0.15, -0.1) is 24.0 Å². The summed E-state index contributed by atoms with van der Waals surface area (Å²) in [5.74, 6) is 0. The minimum Gasteiger partial charge on any atom is -0.397 e. The van der Waals surface area contributed by atoms with Crippen LogP contribution in [0.5, 0.6) is 0 Å². The van der Waals surface area contributed by atoms with Gasteiger partial charge in [0.2, 0.25) is 0 Å². The van der Waals surface area contributed by atoms with Crippen molar-refractivity contribution >= 4 is 39.7 Å². The molecule has 0 unspecified atom stereocenters. The Balaban J connectivity index is 2.93. The third kappa shape index (κ3) is 1.01. The first-order valence-corrected chi connectivity index (χ1v) is 4.98. The Morgan fingerprint density at radius 2 is 2.17 bits per heavy atom. The molecule has 0 aliphatic carbocycles. The summed E-state index contributed by atoms with van der Waals surface area (Å²) in [6, 6.07) is 4.10. The summed E-state index contributed by atoms with van der Waals surface area (Å²) in [6.45, 7) is 2.02. The summed E-state index contributed by atoms with van der Waals surface area (Å²) in [5.41, 5.74) is 7.93. The van der Waals surface area contributed by atoms with Gasteiger partial charge in [0, 0.05) is 15.7 Å². The van der Waals surface area contributed by atoms with Crippen LogP contribution in [0, 0.1) is 6.92 Å². The molecule has 0 aliphatic rings. The number of thiophene rings is 1. The molecule has 1 aromatic heterocycles. The first kappa shape index (κ1) is 7.95. The zero-order chi connectivity index (χ0) is 8.72. The molecule has 0 saturated heterocycles. The smallest absolute Gasteiger partial charge is 0.0586 e. The molecule has 0 fully saturated rings. The molecule has 0 aliphatic heterocycles. The highest BCUT2D eigenvalue weighted by Gasteiger charge is 2.04. The monoisotopic (exact) mass is 195 g/mol. The summed E-state index contributed by atoms with van der Waals surface area (Å²) in [5, 5.41) is 3.18. The molecule has 0 spiro atoms. The molecule has 0 saturated carbocycles. The fourth-order valence-corrected chi connectivity index (χ4v) is 2.57. The standard InChI is InChI=1S/C9H9NS2/c1-5-2-3-6-7(11)4-12-9(6)8(5)10/h2-4,11H,10H2,1H3. The van der Waals surface area contributed by atoms with Crippen molar-refractivity contribution in [3.63, 3.8) is 0 Å². The minimum atomic E-state index is 0.887. The van der Waals surface area contributed by atoms with Crippen LogP contribution in [0.3, 0.4) is 0 Å². The number of anilines is 1. The number of benzene rings is 1. The topological polar surface area (TPSA) is 26.0 Å². The summed E-state index contributed by atoms with van der Waals surface area (Å²) < 4.78 is 1.15. The molecule has 0 atom stereocenters. The lowest BCUT2D eigenvalue weighted by Crippen LogP contribution is -1.88. The molecule has 0 radical (unpaired) electrons. The highest BCUT2D eigenvalue weighted by atomic mass is 32.1. The van der Waals surface area contributed by atoms with Crippen molar-refractivity contribution in [2.75, 3.05) is 5.73 Å². The molecule has 3 heteroatoms. The molecule has 1 heterocycles.